The number of primary amides is 1. The summed E-state index contributed by atoms with van der Waals surface area (Å²) in [5.41, 5.74) is 8.23. The third kappa shape index (κ3) is 6.21. The quantitative estimate of drug-likeness (QED) is 0.213. The van der Waals surface area contributed by atoms with Crippen molar-refractivity contribution >= 4 is 28.5 Å². The van der Waals surface area contributed by atoms with Crippen LogP contribution in [-0.4, -0.2) is 25.9 Å². The van der Waals surface area contributed by atoms with Gasteiger partial charge in [0.15, 0.2) is 0 Å². The summed E-state index contributed by atoms with van der Waals surface area (Å²) in [7, 11) is 0. The summed E-state index contributed by atoms with van der Waals surface area (Å²) >= 11 is 0. The van der Waals surface area contributed by atoms with Crippen molar-refractivity contribution in [1.82, 2.24) is 19.4 Å². The Morgan fingerprint density at radius 3 is 2.41 bits per heavy atom. The van der Waals surface area contributed by atoms with Crippen LogP contribution < -0.4 is 16.7 Å². The van der Waals surface area contributed by atoms with Crippen LogP contribution in [0.1, 0.15) is 53.3 Å². The molecule has 2 aromatic heterocycles. The summed E-state index contributed by atoms with van der Waals surface area (Å²) in [6.07, 6.45) is 7.09. The molecule has 1 atom stereocenters. The smallest absolute Gasteiger partial charge is 0.333 e. The Morgan fingerprint density at radius 1 is 0.935 bits per heavy atom. The summed E-state index contributed by atoms with van der Waals surface area (Å²) in [6.45, 7) is -0.335. The van der Waals surface area contributed by atoms with Gasteiger partial charge in [0.05, 0.1) is 28.3 Å². The summed E-state index contributed by atoms with van der Waals surface area (Å²) in [5, 5.41) is 2.91. The van der Waals surface area contributed by atoms with Crippen molar-refractivity contribution in [2.24, 2.45) is 5.73 Å². The molecule has 2 heterocycles. The van der Waals surface area contributed by atoms with Crippen LogP contribution in [-0.2, 0) is 17.8 Å². The van der Waals surface area contributed by atoms with E-state index in [4.69, 9.17) is 5.73 Å². The van der Waals surface area contributed by atoms with Crippen LogP contribution in [0.25, 0.3) is 27.9 Å². The van der Waals surface area contributed by atoms with Crippen molar-refractivity contribution in [3.05, 3.63) is 130 Å². The summed E-state index contributed by atoms with van der Waals surface area (Å²) in [6, 6.07) is 16.5. The van der Waals surface area contributed by atoms with Crippen LogP contribution in [0.15, 0.2) is 89.9 Å². The van der Waals surface area contributed by atoms with E-state index in [0.717, 1.165) is 55.6 Å². The molecule has 3 N–H and O–H groups in total. The molecule has 234 valence electrons. The minimum Gasteiger partial charge on any atom is -0.366 e. The van der Waals surface area contributed by atoms with Crippen molar-refractivity contribution in [2.75, 3.05) is 0 Å². The largest absolute Gasteiger partial charge is 0.366 e. The molecule has 0 saturated heterocycles. The van der Waals surface area contributed by atoms with Gasteiger partial charge < -0.3 is 11.1 Å². The van der Waals surface area contributed by atoms with Crippen molar-refractivity contribution in [1.29, 1.82) is 0 Å². The highest BCUT2D eigenvalue weighted by atomic mass is 19.1. The van der Waals surface area contributed by atoms with Crippen LogP contribution in [0.2, 0.25) is 0 Å². The molecule has 1 unspecified atom stereocenters. The predicted octanol–water partition coefficient (Wildman–Crippen LogP) is 5.90. The van der Waals surface area contributed by atoms with E-state index in [9.17, 15) is 27.6 Å². The number of amides is 2. The molecule has 0 saturated carbocycles. The van der Waals surface area contributed by atoms with Gasteiger partial charge in [-0.2, -0.15) is 0 Å². The number of benzene rings is 3. The number of imidazole rings is 1. The number of carbonyl (C=O) groups excluding carboxylic acids is 2. The van der Waals surface area contributed by atoms with Gasteiger partial charge >= 0.3 is 5.69 Å². The minimum absolute atomic E-state index is 0.0716. The lowest BCUT2D eigenvalue weighted by molar-refractivity contribution is -0.122. The summed E-state index contributed by atoms with van der Waals surface area (Å²) < 4.78 is 45.8. The summed E-state index contributed by atoms with van der Waals surface area (Å²) in [4.78, 5) is 43.9. The lowest BCUT2D eigenvalue weighted by Crippen LogP contribution is -2.36. The Bertz CT molecular complexity index is 2050. The van der Waals surface area contributed by atoms with Crippen molar-refractivity contribution in [3.63, 3.8) is 0 Å². The van der Waals surface area contributed by atoms with Crippen molar-refractivity contribution < 1.29 is 22.8 Å². The zero-order valence-corrected chi connectivity index (χ0v) is 24.7. The number of nitrogens with two attached hydrogens (primary N) is 1. The van der Waals surface area contributed by atoms with Gasteiger partial charge in [0.25, 0.3) is 5.91 Å². The van der Waals surface area contributed by atoms with E-state index in [0.29, 0.717) is 27.9 Å². The number of hydrogen-bond donors (Lipinski definition) is 2. The number of carbonyl (C=O) groups is 2. The fourth-order valence-corrected chi connectivity index (χ4v) is 6.05. The zero-order chi connectivity index (χ0) is 32.4. The summed E-state index contributed by atoms with van der Waals surface area (Å²) in [5.74, 6) is -3.88. The average Bonchev–Trinajstić information content (AvgIpc) is 3.31. The van der Waals surface area contributed by atoms with E-state index in [1.54, 1.807) is 28.8 Å². The zero-order valence-electron chi connectivity index (χ0n) is 24.7. The SMILES string of the molecule is NC(=O)c1cc(-c2cccnc2C(Cc2cc(F)cc(F)c2)NC(=O)Cn2c(=O)n(C3=CCCCC3)c3ccccc32)ccc1F. The van der Waals surface area contributed by atoms with E-state index in [1.807, 2.05) is 12.1 Å². The molecule has 6 rings (SSSR count). The minimum atomic E-state index is -0.960. The molecular weight excluding hydrogens is 595 g/mol. The normalized spacial score (nSPS) is 13.8. The monoisotopic (exact) mass is 625 g/mol. The van der Waals surface area contributed by atoms with Crippen LogP contribution in [0.4, 0.5) is 13.2 Å². The molecule has 2 amide bonds. The van der Waals surface area contributed by atoms with E-state index in [1.165, 1.54) is 22.9 Å². The van der Waals surface area contributed by atoms with Gasteiger partial charge in [-0.15, -0.1) is 0 Å². The van der Waals surface area contributed by atoms with Crippen LogP contribution in [0, 0.1) is 17.5 Å². The number of nitrogens with one attached hydrogen (secondary N) is 1. The van der Waals surface area contributed by atoms with E-state index < -0.39 is 35.3 Å². The van der Waals surface area contributed by atoms with Crippen LogP contribution in [0.5, 0.6) is 0 Å². The van der Waals surface area contributed by atoms with Gasteiger partial charge in [-0.25, -0.2) is 18.0 Å². The second kappa shape index (κ2) is 12.9. The van der Waals surface area contributed by atoms with Crippen molar-refractivity contribution in [2.45, 2.75) is 44.7 Å². The first-order valence-corrected chi connectivity index (χ1v) is 14.9. The average molecular weight is 626 g/mol. The molecule has 0 spiro atoms. The fraction of sp³-hybridized carbons (Fsp3) is 0.200. The number of allylic oxidation sites excluding steroid dienone is 2. The molecule has 3 aromatic carbocycles. The first kappa shape index (κ1) is 30.6. The van der Waals surface area contributed by atoms with E-state index in [-0.39, 0.29) is 29.8 Å². The molecule has 1 aliphatic rings. The first-order valence-electron chi connectivity index (χ1n) is 14.9. The van der Waals surface area contributed by atoms with E-state index >= 15 is 0 Å². The lowest BCUT2D eigenvalue weighted by Gasteiger charge is -2.22. The van der Waals surface area contributed by atoms with Gasteiger partial charge in [-0.1, -0.05) is 30.3 Å². The van der Waals surface area contributed by atoms with Crippen LogP contribution in [0.3, 0.4) is 0 Å². The van der Waals surface area contributed by atoms with E-state index in [2.05, 4.69) is 16.4 Å². The molecule has 1 aliphatic carbocycles. The third-order valence-electron chi connectivity index (χ3n) is 8.10. The molecule has 46 heavy (non-hydrogen) atoms. The molecular formula is C35H30F3N5O3. The molecule has 0 radical (unpaired) electrons. The Hall–Kier alpha value is -5.45. The standard InChI is InChI=1S/C35H30F3N5O3/c36-23-15-21(16-24(37)19-23)17-29(33-26(9-6-14-40-33)22-12-13-28(38)27(18-22)34(39)45)41-32(44)20-42-30-10-4-5-11-31(30)43(35(42)46)25-7-2-1-3-8-25/h4-7,9-16,18-19,29H,1-3,8,17,20H2,(H2,39,45)(H,41,44). The number of fused-ring (bicyclic) bond motifs is 1. The van der Waals surface area contributed by atoms with Gasteiger partial charge in [0, 0.05) is 23.5 Å². The Labute approximate surface area is 262 Å². The maximum Gasteiger partial charge on any atom is 0.333 e. The Balaban J connectivity index is 1.39. The number of rotatable bonds is 9. The Kier molecular flexibility index (Phi) is 8.56. The second-order valence-corrected chi connectivity index (χ2v) is 11.2. The second-order valence-electron chi connectivity index (χ2n) is 11.2. The Morgan fingerprint density at radius 2 is 1.70 bits per heavy atom. The number of nitrogens with zero attached hydrogens (tertiary/aromatic N) is 3. The fourth-order valence-electron chi connectivity index (χ4n) is 6.05. The van der Waals surface area contributed by atoms with Gasteiger partial charge in [0.1, 0.15) is 24.0 Å². The maximum absolute atomic E-state index is 14.3. The maximum atomic E-state index is 14.3. The number of aromatic nitrogens is 3. The third-order valence-corrected chi connectivity index (χ3v) is 8.10. The van der Waals surface area contributed by atoms with Gasteiger partial charge in [-0.05, 0) is 85.7 Å². The topological polar surface area (TPSA) is 112 Å². The number of pyridine rings is 1. The highest BCUT2D eigenvalue weighted by Crippen LogP contribution is 2.31. The van der Waals surface area contributed by atoms with Gasteiger partial charge in [-0.3, -0.25) is 23.7 Å². The van der Waals surface area contributed by atoms with Crippen molar-refractivity contribution in [3.8, 4) is 11.1 Å². The molecule has 5 aromatic rings. The molecule has 11 heteroatoms. The van der Waals surface area contributed by atoms with Crippen LogP contribution >= 0.6 is 0 Å². The molecule has 0 fully saturated rings. The predicted molar refractivity (Wildman–Crippen MR) is 168 cm³/mol. The highest BCUT2D eigenvalue weighted by molar-refractivity contribution is 5.94. The highest BCUT2D eigenvalue weighted by Gasteiger charge is 2.24. The number of halogens is 3. The first-order chi connectivity index (χ1) is 22.2. The molecule has 0 bridgehead atoms. The number of para-hydroxylation sites is 2. The number of hydrogen-bond acceptors (Lipinski definition) is 4. The lowest BCUT2D eigenvalue weighted by atomic mass is 9.94. The molecule has 0 aliphatic heterocycles. The van der Waals surface area contributed by atoms with Gasteiger partial charge in [0.2, 0.25) is 5.91 Å². The molecule has 8 nitrogen and oxygen atoms in total.